The summed E-state index contributed by atoms with van der Waals surface area (Å²) in [6.07, 6.45) is 0. The van der Waals surface area contributed by atoms with Gasteiger partial charge in [-0.3, -0.25) is 4.79 Å². The molecule has 4 N–H and O–H groups in total. The molecule has 2 rings (SSSR count). The van der Waals surface area contributed by atoms with Crippen molar-refractivity contribution in [1.29, 1.82) is 0 Å². The number of hydrogen-bond donors (Lipinski definition) is 3. The number of nitrogens with two attached hydrogens (primary N) is 1. The highest BCUT2D eigenvalue weighted by molar-refractivity contribution is 14.1. The van der Waals surface area contributed by atoms with Crippen LogP contribution in [0.2, 0.25) is 0 Å². The Kier molecular flexibility index (Phi) is 4.17. The summed E-state index contributed by atoms with van der Waals surface area (Å²) in [6, 6.07) is 8.46. The second-order valence-electron chi connectivity index (χ2n) is 4.64. The molecule has 1 amide bonds. The third-order valence-corrected chi connectivity index (χ3v) is 4.03. The van der Waals surface area contributed by atoms with E-state index in [0.29, 0.717) is 20.5 Å². The molecule has 0 aliphatic carbocycles. The second kappa shape index (κ2) is 5.70. The summed E-state index contributed by atoms with van der Waals surface area (Å²) in [7, 11) is 0. The van der Waals surface area contributed by atoms with Crippen LogP contribution >= 0.6 is 22.6 Å². The van der Waals surface area contributed by atoms with E-state index in [1.807, 2.05) is 48.6 Å². The zero-order chi connectivity index (χ0) is 14.9. The number of nitrogens with one attached hydrogen (secondary N) is 1. The zero-order valence-electron chi connectivity index (χ0n) is 11.2. The first-order valence-electron chi connectivity index (χ1n) is 6.05. The predicted octanol–water partition coefficient (Wildman–Crippen LogP) is 3.45. The molecule has 0 atom stereocenters. The zero-order valence-corrected chi connectivity index (χ0v) is 13.4. The van der Waals surface area contributed by atoms with Gasteiger partial charge in [-0.2, -0.15) is 0 Å². The fourth-order valence-corrected chi connectivity index (χ4v) is 2.13. The van der Waals surface area contributed by atoms with Gasteiger partial charge in [0.2, 0.25) is 0 Å². The minimum Gasteiger partial charge on any atom is -0.507 e. The summed E-state index contributed by atoms with van der Waals surface area (Å²) in [5, 5.41) is 12.4. The van der Waals surface area contributed by atoms with E-state index < -0.39 is 0 Å². The van der Waals surface area contributed by atoms with E-state index in [1.54, 1.807) is 12.1 Å². The molecule has 0 saturated carbocycles. The average Bonchev–Trinajstić information content (AvgIpc) is 2.39. The lowest BCUT2D eigenvalue weighted by Crippen LogP contribution is -2.13. The summed E-state index contributed by atoms with van der Waals surface area (Å²) in [5.74, 6) is -0.210. The Hall–Kier alpha value is -1.76. The van der Waals surface area contributed by atoms with E-state index in [1.165, 1.54) is 6.07 Å². The molecular formula is C15H15IN2O2. The number of amides is 1. The SMILES string of the molecule is Cc1cc(N)c(NC(=O)c2ccc(I)c(O)c2)cc1C. The smallest absolute Gasteiger partial charge is 0.255 e. The van der Waals surface area contributed by atoms with Gasteiger partial charge in [0.15, 0.2) is 0 Å². The molecule has 0 aromatic heterocycles. The standard InChI is InChI=1S/C15H15IN2O2/c1-8-5-12(17)13(6-9(8)2)18-15(20)10-3-4-11(16)14(19)7-10/h3-7,19H,17H2,1-2H3,(H,18,20). The van der Waals surface area contributed by atoms with Crippen molar-refractivity contribution >= 4 is 39.9 Å². The molecule has 0 aliphatic rings. The first kappa shape index (κ1) is 14.6. The largest absolute Gasteiger partial charge is 0.507 e. The summed E-state index contributed by atoms with van der Waals surface area (Å²) in [4.78, 5) is 12.1. The predicted molar refractivity (Wildman–Crippen MR) is 89.1 cm³/mol. The van der Waals surface area contributed by atoms with E-state index in [0.717, 1.165) is 11.1 Å². The number of aryl methyl sites for hydroxylation is 2. The molecule has 0 spiro atoms. The lowest BCUT2D eigenvalue weighted by Gasteiger charge is -2.11. The van der Waals surface area contributed by atoms with Gasteiger partial charge in [-0.15, -0.1) is 0 Å². The number of aromatic hydroxyl groups is 1. The molecule has 104 valence electrons. The van der Waals surface area contributed by atoms with Gasteiger partial charge in [0.25, 0.3) is 5.91 Å². The number of benzene rings is 2. The highest BCUT2D eigenvalue weighted by atomic mass is 127. The Bertz CT molecular complexity index is 684. The van der Waals surface area contributed by atoms with Gasteiger partial charge in [-0.05, 0) is 77.9 Å². The molecule has 2 aromatic carbocycles. The minimum absolute atomic E-state index is 0.0892. The number of nitrogen functional groups attached to an aromatic ring is 1. The van der Waals surface area contributed by atoms with E-state index in [2.05, 4.69) is 5.32 Å². The van der Waals surface area contributed by atoms with Gasteiger partial charge < -0.3 is 16.2 Å². The number of phenols is 1. The Morgan fingerprint density at radius 2 is 1.85 bits per heavy atom. The Morgan fingerprint density at radius 3 is 2.50 bits per heavy atom. The summed E-state index contributed by atoms with van der Waals surface area (Å²) in [5.41, 5.74) is 9.53. The Morgan fingerprint density at radius 1 is 1.20 bits per heavy atom. The van der Waals surface area contributed by atoms with Crippen molar-refractivity contribution in [3.63, 3.8) is 0 Å². The van der Waals surface area contributed by atoms with Gasteiger partial charge >= 0.3 is 0 Å². The number of phenolic OH excluding ortho intramolecular Hbond substituents is 1. The number of rotatable bonds is 2. The van der Waals surface area contributed by atoms with Gasteiger partial charge in [-0.1, -0.05) is 0 Å². The van der Waals surface area contributed by atoms with Crippen LogP contribution in [0.4, 0.5) is 11.4 Å². The molecule has 4 nitrogen and oxygen atoms in total. The van der Waals surface area contributed by atoms with Crippen molar-refractivity contribution in [2.24, 2.45) is 0 Å². The van der Waals surface area contributed by atoms with Crippen molar-refractivity contribution in [1.82, 2.24) is 0 Å². The van der Waals surface area contributed by atoms with Crippen molar-refractivity contribution in [3.05, 3.63) is 50.6 Å². The summed E-state index contributed by atoms with van der Waals surface area (Å²) < 4.78 is 0.699. The molecular weight excluding hydrogens is 367 g/mol. The Labute approximate surface area is 131 Å². The van der Waals surface area contributed by atoms with Crippen molar-refractivity contribution in [2.45, 2.75) is 13.8 Å². The molecule has 0 bridgehead atoms. The van der Waals surface area contributed by atoms with Gasteiger partial charge in [0.1, 0.15) is 5.75 Å². The minimum atomic E-state index is -0.299. The molecule has 0 saturated heterocycles. The molecule has 2 aromatic rings. The van der Waals surface area contributed by atoms with E-state index in [-0.39, 0.29) is 11.7 Å². The van der Waals surface area contributed by atoms with Gasteiger partial charge in [0.05, 0.1) is 14.9 Å². The first-order chi connectivity index (χ1) is 9.38. The Balaban J connectivity index is 2.27. The first-order valence-corrected chi connectivity index (χ1v) is 7.13. The van der Waals surface area contributed by atoms with Crippen LogP contribution in [0, 0.1) is 17.4 Å². The van der Waals surface area contributed by atoms with Crippen LogP contribution in [0.1, 0.15) is 21.5 Å². The summed E-state index contributed by atoms with van der Waals surface area (Å²) in [6.45, 7) is 3.93. The average molecular weight is 382 g/mol. The number of anilines is 2. The fraction of sp³-hybridized carbons (Fsp3) is 0.133. The van der Waals surface area contributed by atoms with Crippen LogP contribution < -0.4 is 11.1 Å². The normalized spacial score (nSPS) is 10.3. The fourth-order valence-electron chi connectivity index (χ4n) is 1.80. The number of carbonyl (C=O) groups excluding carboxylic acids is 1. The number of hydrogen-bond acceptors (Lipinski definition) is 3. The molecule has 20 heavy (non-hydrogen) atoms. The van der Waals surface area contributed by atoms with Crippen LogP contribution in [-0.2, 0) is 0 Å². The maximum absolute atomic E-state index is 12.1. The van der Waals surface area contributed by atoms with Crippen molar-refractivity contribution in [3.8, 4) is 5.75 Å². The molecule has 0 aliphatic heterocycles. The molecule has 5 heteroatoms. The monoisotopic (exact) mass is 382 g/mol. The summed E-state index contributed by atoms with van der Waals surface area (Å²) >= 11 is 2.00. The van der Waals surface area contributed by atoms with Crippen LogP contribution in [-0.4, -0.2) is 11.0 Å². The third kappa shape index (κ3) is 3.04. The highest BCUT2D eigenvalue weighted by Crippen LogP contribution is 2.25. The topological polar surface area (TPSA) is 75.3 Å². The van der Waals surface area contributed by atoms with Crippen molar-refractivity contribution < 1.29 is 9.90 Å². The van der Waals surface area contributed by atoms with E-state index >= 15 is 0 Å². The second-order valence-corrected chi connectivity index (χ2v) is 5.81. The molecule has 0 radical (unpaired) electrons. The highest BCUT2D eigenvalue weighted by Gasteiger charge is 2.11. The quantitative estimate of drug-likeness (QED) is 0.550. The van der Waals surface area contributed by atoms with E-state index in [9.17, 15) is 9.90 Å². The van der Waals surface area contributed by atoms with Crippen molar-refractivity contribution in [2.75, 3.05) is 11.1 Å². The molecule has 0 heterocycles. The van der Waals surface area contributed by atoms with Gasteiger partial charge in [0, 0.05) is 5.56 Å². The lowest BCUT2D eigenvalue weighted by atomic mass is 10.1. The van der Waals surface area contributed by atoms with Crippen LogP contribution in [0.5, 0.6) is 5.75 Å². The maximum atomic E-state index is 12.1. The van der Waals surface area contributed by atoms with Crippen LogP contribution in [0.25, 0.3) is 0 Å². The van der Waals surface area contributed by atoms with Crippen LogP contribution in [0.15, 0.2) is 30.3 Å². The maximum Gasteiger partial charge on any atom is 0.255 e. The molecule has 0 unspecified atom stereocenters. The number of halogens is 1. The number of carbonyl (C=O) groups is 1. The van der Waals surface area contributed by atoms with Gasteiger partial charge in [-0.25, -0.2) is 0 Å². The molecule has 0 fully saturated rings. The third-order valence-electron chi connectivity index (χ3n) is 3.12. The van der Waals surface area contributed by atoms with Crippen LogP contribution in [0.3, 0.4) is 0 Å². The lowest BCUT2D eigenvalue weighted by molar-refractivity contribution is 0.102. The van der Waals surface area contributed by atoms with E-state index in [4.69, 9.17) is 5.73 Å².